The van der Waals surface area contributed by atoms with Crippen LogP contribution in [-0.2, 0) is 19.1 Å². The van der Waals surface area contributed by atoms with Crippen molar-refractivity contribution in [2.24, 2.45) is 0 Å². The Morgan fingerprint density at radius 3 is 2.14 bits per heavy atom. The molecule has 1 aliphatic rings. The predicted molar refractivity (Wildman–Crippen MR) is 73.7 cm³/mol. The molecule has 2 amide bonds. The predicted octanol–water partition coefficient (Wildman–Crippen LogP) is 0.903. The molecule has 0 bridgehead atoms. The molecule has 2 rings (SSSR count). The van der Waals surface area contributed by atoms with E-state index >= 15 is 0 Å². The number of imide groups is 1. The van der Waals surface area contributed by atoms with Gasteiger partial charge in [-0.15, -0.1) is 0 Å². The molecule has 1 aromatic rings. The summed E-state index contributed by atoms with van der Waals surface area (Å²) in [5.74, 6) is -3.22. The van der Waals surface area contributed by atoms with Gasteiger partial charge in [0.15, 0.2) is 0 Å². The number of esters is 2. The second kappa shape index (κ2) is 6.21. The molecule has 0 aromatic heterocycles. The van der Waals surface area contributed by atoms with Crippen LogP contribution >= 0.6 is 0 Å². The Morgan fingerprint density at radius 1 is 1.14 bits per heavy atom. The maximum atomic E-state index is 12.3. The summed E-state index contributed by atoms with van der Waals surface area (Å²) in [6.45, 7) is 1.68. The van der Waals surface area contributed by atoms with Crippen LogP contribution < -0.4 is 0 Å². The maximum Gasteiger partial charge on any atom is 0.355 e. The lowest BCUT2D eigenvalue weighted by Gasteiger charge is -2.15. The summed E-state index contributed by atoms with van der Waals surface area (Å²) >= 11 is 0. The Kier molecular flexibility index (Phi) is 4.36. The van der Waals surface area contributed by atoms with Gasteiger partial charge < -0.3 is 9.47 Å². The van der Waals surface area contributed by atoms with Gasteiger partial charge >= 0.3 is 11.9 Å². The summed E-state index contributed by atoms with van der Waals surface area (Å²) in [6, 6.07) is 6.13. The Morgan fingerprint density at radius 2 is 1.68 bits per heavy atom. The molecular formula is C15H13NO6. The van der Waals surface area contributed by atoms with Gasteiger partial charge in [0.2, 0.25) is 0 Å². The molecule has 114 valence electrons. The molecule has 0 unspecified atom stereocenters. The van der Waals surface area contributed by atoms with Gasteiger partial charge in [0, 0.05) is 0 Å². The zero-order valence-corrected chi connectivity index (χ0v) is 12.0. The van der Waals surface area contributed by atoms with Gasteiger partial charge in [-0.25, -0.2) is 14.5 Å². The fourth-order valence-corrected chi connectivity index (χ4v) is 2.02. The molecule has 7 heteroatoms. The van der Waals surface area contributed by atoms with Crippen molar-refractivity contribution < 1.29 is 28.7 Å². The summed E-state index contributed by atoms with van der Waals surface area (Å²) < 4.78 is 9.24. The van der Waals surface area contributed by atoms with Gasteiger partial charge in [0.25, 0.3) is 11.8 Å². The van der Waals surface area contributed by atoms with Crippen LogP contribution in [0.4, 0.5) is 0 Å². The molecule has 7 nitrogen and oxygen atoms in total. The van der Waals surface area contributed by atoms with Crippen LogP contribution in [0.5, 0.6) is 0 Å². The third-order valence-electron chi connectivity index (χ3n) is 2.97. The van der Waals surface area contributed by atoms with E-state index in [1.807, 2.05) is 0 Å². The molecule has 22 heavy (non-hydrogen) atoms. The van der Waals surface area contributed by atoms with E-state index in [0.29, 0.717) is 4.90 Å². The van der Waals surface area contributed by atoms with Crippen LogP contribution in [0.25, 0.3) is 0 Å². The molecule has 0 radical (unpaired) electrons. The molecule has 0 spiro atoms. The summed E-state index contributed by atoms with van der Waals surface area (Å²) in [5, 5.41) is 0. The molecule has 1 heterocycles. The molecule has 0 atom stereocenters. The highest BCUT2D eigenvalue weighted by Crippen LogP contribution is 2.26. The molecule has 0 fully saturated rings. The number of hydrogen-bond acceptors (Lipinski definition) is 6. The van der Waals surface area contributed by atoms with Gasteiger partial charge in [-0.1, -0.05) is 12.1 Å². The lowest BCUT2D eigenvalue weighted by atomic mass is 10.1. The smallest absolute Gasteiger partial charge is 0.355 e. The lowest BCUT2D eigenvalue weighted by molar-refractivity contribution is -0.140. The van der Waals surface area contributed by atoms with Crippen molar-refractivity contribution in [2.45, 2.75) is 6.92 Å². The molecule has 0 N–H and O–H groups in total. The topological polar surface area (TPSA) is 90.0 Å². The molecule has 0 saturated heterocycles. The van der Waals surface area contributed by atoms with Gasteiger partial charge in [0.1, 0.15) is 5.70 Å². The third kappa shape index (κ3) is 2.60. The average Bonchev–Trinajstić information content (AvgIpc) is 2.77. The van der Waals surface area contributed by atoms with Crippen molar-refractivity contribution >= 4 is 23.8 Å². The highest BCUT2D eigenvalue weighted by molar-refractivity contribution is 6.25. The van der Waals surface area contributed by atoms with Gasteiger partial charge in [-0.2, -0.15) is 0 Å². The third-order valence-corrected chi connectivity index (χ3v) is 2.97. The van der Waals surface area contributed by atoms with Crippen LogP contribution in [0.3, 0.4) is 0 Å². The number of carbonyl (C=O) groups is 4. The number of nitrogens with zero attached hydrogens (tertiary/aromatic N) is 1. The van der Waals surface area contributed by atoms with Crippen molar-refractivity contribution in [1.82, 2.24) is 4.90 Å². The van der Waals surface area contributed by atoms with E-state index in [-0.39, 0.29) is 17.7 Å². The number of amides is 2. The van der Waals surface area contributed by atoms with E-state index < -0.39 is 29.5 Å². The van der Waals surface area contributed by atoms with Crippen LogP contribution in [0.1, 0.15) is 27.6 Å². The largest absolute Gasteiger partial charge is 0.464 e. The number of fused-ring (bicyclic) bond motifs is 1. The molecule has 0 aliphatic carbocycles. The first-order chi connectivity index (χ1) is 10.5. The zero-order chi connectivity index (χ0) is 16.3. The number of benzene rings is 1. The van der Waals surface area contributed by atoms with Crippen LogP contribution in [-0.4, -0.2) is 42.4 Å². The average molecular weight is 303 g/mol. The normalized spacial score (nSPS) is 13.9. The van der Waals surface area contributed by atoms with Crippen molar-refractivity contribution in [3.63, 3.8) is 0 Å². The van der Waals surface area contributed by atoms with Crippen LogP contribution in [0.2, 0.25) is 0 Å². The van der Waals surface area contributed by atoms with Gasteiger partial charge in [-0.3, -0.25) is 9.59 Å². The van der Waals surface area contributed by atoms with Gasteiger partial charge in [0.05, 0.1) is 30.9 Å². The Hall–Kier alpha value is -2.96. The first-order valence-corrected chi connectivity index (χ1v) is 6.45. The summed E-state index contributed by atoms with van der Waals surface area (Å²) in [7, 11) is 1.08. The van der Waals surface area contributed by atoms with Crippen molar-refractivity contribution in [3.05, 3.63) is 47.2 Å². The zero-order valence-electron chi connectivity index (χ0n) is 12.0. The first-order valence-electron chi connectivity index (χ1n) is 6.45. The molecular weight excluding hydrogens is 290 g/mol. The molecule has 0 saturated carbocycles. The molecule has 1 aliphatic heterocycles. The Labute approximate surface area is 126 Å². The maximum absolute atomic E-state index is 12.3. The van der Waals surface area contributed by atoms with Crippen LogP contribution in [0, 0.1) is 0 Å². The monoisotopic (exact) mass is 303 g/mol. The second-order valence-electron chi connectivity index (χ2n) is 4.26. The number of rotatable bonds is 4. The summed E-state index contributed by atoms with van der Waals surface area (Å²) in [4.78, 5) is 48.6. The number of ether oxygens (including phenoxy) is 2. The van der Waals surface area contributed by atoms with Crippen molar-refractivity contribution in [2.75, 3.05) is 13.7 Å². The highest BCUT2D eigenvalue weighted by atomic mass is 16.5. The SMILES string of the molecule is CCOC(=O)/C=C(\C(=O)OC)N1C(=O)c2ccccc2C1=O. The summed E-state index contributed by atoms with van der Waals surface area (Å²) in [5.41, 5.74) is -0.163. The number of hydrogen-bond donors (Lipinski definition) is 0. The fraction of sp³-hybridized carbons (Fsp3) is 0.200. The standard InChI is InChI=1S/C15H13NO6/c1-3-22-12(17)8-11(15(20)21-2)16-13(18)9-6-4-5-7-10(9)14(16)19/h4-8H,3H2,1-2H3/b11-8+. The summed E-state index contributed by atoms with van der Waals surface area (Å²) in [6.07, 6.45) is 0.775. The highest BCUT2D eigenvalue weighted by Gasteiger charge is 2.40. The fourth-order valence-electron chi connectivity index (χ4n) is 2.02. The number of methoxy groups -OCH3 is 1. The van der Waals surface area contributed by atoms with Gasteiger partial charge in [-0.05, 0) is 19.1 Å². The van der Waals surface area contributed by atoms with Crippen molar-refractivity contribution in [1.29, 1.82) is 0 Å². The van der Waals surface area contributed by atoms with E-state index in [1.54, 1.807) is 19.1 Å². The van der Waals surface area contributed by atoms with Crippen molar-refractivity contribution in [3.8, 4) is 0 Å². The minimum Gasteiger partial charge on any atom is -0.464 e. The van der Waals surface area contributed by atoms with E-state index in [2.05, 4.69) is 4.74 Å². The minimum absolute atomic E-state index is 0.0892. The minimum atomic E-state index is -0.984. The Bertz CT molecular complexity index is 656. The van der Waals surface area contributed by atoms with E-state index in [0.717, 1.165) is 13.2 Å². The second-order valence-corrected chi connectivity index (χ2v) is 4.26. The van der Waals surface area contributed by atoms with E-state index in [9.17, 15) is 19.2 Å². The molecule has 1 aromatic carbocycles. The van der Waals surface area contributed by atoms with Crippen LogP contribution in [0.15, 0.2) is 36.0 Å². The van der Waals surface area contributed by atoms with E-state index in [1.165, 1.54) is 12.1 Å². The Balaban J connectivity index is 2.46. The lowest BCUT2D eigenvalue weighted by Crippen LogP contribution is -2.34. The first kappa shape index (κ1) is 15.4. The van der Waals surface area contributed by atoms with E-state index in [4.69, 9.17) is 4.74 Å². The quantitative estimate of drug-likeness (QED) is 0.466. The number of carbonyl (C=O) groups excluding carboxylic acids is 4.